The maximum Gasteiger partial charge on any atom is 0.137 e. The predicted molar refractivity (Wildman–Crippen MR) is 288 cm³/mol. The van der Waals surface area contributed by atoms with Gasteiger partial charge in [-0.05, 0) is 116 Å². The monoisotopic (exact) mass is 893 g/mol. The summed E-state index contributed by atoms with van der Waals surface area (Å²) in [6.45, 7) is 0. The summed E-state index contributed by atoms with van der Waals surface area (Å²) in [4.78, 5) is 2.38. The molecule has 12 aromatic rings. The summed E-state index contributed by atoms with van der Waals surface area (Å²) in [5.74, 6) is 1.78. The third-order valence-electron chi connectivity index (χ3n) is 14.6. The Morgan fingerprint density at radius 3 is 1.54 bits per heavy atom. The quantitative estimate of drug-likeness (QED) is 0.159. The zero-order valence-electron chi connectivity index (χ0n) is 38.1. The van der Waals surface area contributed by atoms with Gasteiger partial charge in [0.1, 0.15) is 22.7 Å². The van der Waals surface area contributed by atoms with Crippen molar-refractivity contribution in [3.05, 3.63) is 283 Å². The van der Waals surface area contributed by atoms with Crippen LogP contribution in [0.15, 0.2) is 265 Å². The number of fused-ring (bicyclic) bond motifs is 12. The van der Waals surface area contributed by atoms with E-state index >= 15 is 0 Å². The molecule has 1 aliphatic carbocycles. The lowest BCUT2D eigenvalue weighted by molar-refractivity contribution is 0.436. The molecule has 14 rings (SSSR count). The minimum Gasteiger partial charge on any atom is -0.457 e. The van der Waals surface area contributed by atoms with Gasteiger partial charge in [-0.25, -0.2) is 0 Å². The molecular weight excluding hydrogens is 851 g/mol. The molecular formula is C67H43NO2. The van der Waals surface area contributed by atoms with Crippen LogP contribution in [-0.4, -0.2) is 0 Å². The summed E-state index contributed by atoms with van der Waals surface area (Å²) in [5, 5.41) is 2.20. The molecule has 2 aliphatic rings. The number of rotatable bonds is 7. The van der Waals surface area contributed by atoms with E-state index in [2.05, 4.69) is 254 Å². The van der Waals surface area contributed by atoms with Crippen LogP contribution in [0.25, 0.3) is 77.6 Å². The highest BCUT2D eigenvalue weighted by molar-refractivity contribution is 6.07. The molecule has 0 bridgehead atoms. The Balaban J connectivity index is 0.932. The standard InChI is InChI=1S/C67H43NO2/c1-2-18-45(19-3-1)49-20-4-5-21-50(49)51-22-6-7-23-52(51)55-25-9-14-30-62(55)68(48-39-41-57-56-26-10-15-31-63(56)69-66(57)43-48)47-37-34-44(35-38-47)46-36-40-54-53-24-8-11-27-58(53)67(61(54)42-46)59-28-12-16-32-64(59)70-65-33-17-13-29-60(65)67/h1-43H. The number of benzene rings is 11. The number of para-hydroxylation sites is 4. The molecule has 0 radical (unpaired) electrons. The van der Waals surface area contributed by atoms with E-state index in [-0.39, 0.29) is 0 Å². The normalized spacial score (nSPS) is 12.8. The number of furan rings is 1. The third kappa shape index (κ3) is 6.08. The maximum absolute atomic E-state index is 6.64. The first-order valence-corrected chi connectivity index (χ1v) is 24.0. The molecule has 328 valence electrons. The Bertz CT molecular complexity index is 3950. The minimum atomic E-state index is -0.541. The van der Waals surface area contributed by atoms with Gasteiger partial charge < -0.3 is 14.1 Å². The second-order valence-electron chi connectivity index (χ2n) is 18.3. The molecule has 0 fully saturated rings. The molecule has 3 nitrogen and oxygen atoms in total. The molecule has 70 heavy (non-hydrogen) atoms. The van der Waals surface area contributed by atoms with Crippen LogP contribution in [0, 0.1) is 0 Å². The Morgan fingerprint density at radius 2 is 0.800 bits per heavy atom. The number of ether oxygens (including phenoxy) is 1. The summed E-state index contributed by atoms with van der Waals surface area (Å²) >= 11 is 0. The van der Waals surface area contributed by atoms with Crippen molar-refractivity contribution in [2.75, 3.05) is 4.90 Å². The van der Waals surface area contributed by atoms with Gasteiger partial charge in [-0.2, -0.15) is 0 Å². The molecule has 0 saturated carbocycles. The zero-order valence-corrected chi connectivity index (χ0v) is 38.1. The van der Waals surface area contributed by atoms with Crippen molar-refractivity contribution in [1.29, 1.82) is 0 Å². The number of anilines is 3. The fourth-order valence-electron chi connectivity index (χ4n) is 11.6. The third-order valence-corrected chi connectivity index (χ3v) is 14.6. The van der Waals surface area contributed by atoms with Crippen LogP contribution in [0.1, 0.15) is 22.3 Å². The predicted octanol–water partition coefficient (Wildman–Crippen LogP) is 18.2. The van der Waals surface area contributed by atoms with Gasteiger partial charge >= 0.3 is 0 Å². The van der Waals surface area contributed by atoms with Gasteiger partial charge in [-0.1, -0.05) is 200 Å². The van der Waals surface area contributed by atoms with Crippen LogP contribution in [0.5, 0.6) is 11.5 Å². The topological polar surface area (TPSA) is 25.6 Å². The van der Waals surface area contributed by atoms with Crippen molar-refractivity contribution < 1.29 is 9.15 Å². The van der Waals surface area contributed by atoms with E-state index < -0.39 is 5.41 Å². The molecule has 0 atom stereocenters. The smallest absolute Gasteiger partial charge is 0.137 e. The Labute approximate surface area is 406 Å². The zero-order chi connectivity index (χ0) is 46.2. The maximum atomic E-state index is 6.64. The van der Waals surface area contributed by atoms with E-state index in [1.54, 1.807) is 0 Å². The molecule has 0 saturated heterocycles. The average molecular weight is 894 g/mol. The highest BCUT2D eigenvalue weighted by Gasteiger charge is 2.51. The molecule has 11 aromatic carbocycles. The molecule has 1 aliphatic heterocycles. The lowest BCUT2D eigenvalue weighted by atomic mass is 9.66. The number of nitrogens with zero attached hydrogens (tertiary/aromatic N) is 1. The van der Waals surface area contributed by atoms with Crippen LogP contribution >= 0.6 is 0 Å². The average Bonchev–Trinajstić information content (AvgIpc) is 3.95. The van der Waals surface area contributed by atoms with Gasteiger partial charge in [0.05, 0.1) is 11.1 Å². The van der Waals surface area contributed by atoms with E-state index in [0.717, 1.165) is 83.9 Å². The van der Waals surface area contributed by atoms with Crippen molar-refractivity contribution in [1.82, 2.24) is 0 Å². The fourth-order valence-corrected chi connectivity index (χ4v) is 11.6. The van der Waals surface area contributed by atoms with E-state index in [1.807, 2.05) is 12.1 Å². The highest BCUT2D eigenvalue weighted by atomic mass is 16.5. The van der Waals surface area contributed by atoms with Gasteiger partial charge in [-0.3, -0.25) is 0 Å². The second kappa shape index (κ2) is 16.0. The van der Waals surface area contributed by atoms with E-state index in [4.69, 9.17) is 9.15 Å². The van der Waals surface area contributed by atoms with Crippen LogP contribution in [-0.2, 0) is 5.41 Å². The Hall–Kier alpha value is -9.18. The minimum absolute atomic E-state index is 0.541. The molecule has 0 amide bonds. The lowest BCUT2D eigenvalue weighted by Crippen LogP contribution is -2.32. The van der Waals surface area contributed by atoms with Gasteiger partial charge in [-0.15, -0.1) is 0 Å². The second-order valence-corrected chi connectivity index (χ2v) is 18.3. The first-order valence-electron chi connectivity index (χ1n) is 24.0. The van der Waals surface area contributed by atoms with E-state index in [0.29, 0.717) is 0 Å². The Kier molecular flexibility index (Phi) is 9.11. The van der Waals surface area contributed by atoms with Crippen molar-refractivity contribution in [3.63, 3.8) is 0 Å². The Morgan fingerprint density at radius 1 is 0.286 bits per heavy atom. The van der Waals surface area contributed by atoms with E-state index in [9.17, 15) is 0 Å². The van der Waals surface area contributed by atoms with Gasteiger partial charge in [0.25, 0.3) is 0 Å². The number of hydrogen-bond acceptors (Lipinski definition) is 3. The van der Waals surface area contributed by atoms with Gasteiger partial charge in [0, 0.05) is 44.9 Å². The van der Waals surface area contributed by atoms with Crippen LogP contribution in [0.4, 0.5) is 17.1 Å². The summed E-state index contributed by atoms with van der Waals surface area (Å²) in [5.41, 5.74) is 20.9. The van der Waals surface area contributed by atoms with Crippen LogP contribution in [0.3, 0.4) is 0 Å². The van der Waals surface area contributed by atoms with Crippen LogP contribution < -0.4 is 9.64 Å². The SMILES string of the molecule is c1ccc(-c2ccccc2-c2ccccc2-c2ccccc2N(c2ccc(-c3ccc4c(c3)C3(c5ccccc5Oc5ccccc53)c3ccccc3-4)cc2)c2ccc3c(c2)oc2ccccc23)cc1. The van der Waals surface area contributed by atoms with Crippen molar-refractivity contribution >= 4 is 39.0 Å². The van der Waals surface area contributed by atoms with Crippen molar-refractivity contribution in [2.24, 2.45) is 0 Å². The summed E-state index contributed by atoms with van der Waals surface area (Å²) in [6, 6.07) is 94.1. The van der Waals surface area contributed by atoms with Gasteiger partial charge in [0.15, 0.2) is 0 Å². The van der Waals surface area contributed by atoms with E-state index in [1.165, 1.54) is 44.5 Å². The summed E-state index contributed by atoms with van der Waals surface area (Å²) < 4.78 is 13.2. The molecule has 0 unspecified atom stereocenters. The van der Waals surface area contributed by atoms with Gasteiger partial charge in [0.2, 0.25) is 0 Å². The summed E-state index contributed by atoms with van der Waals surface area (Å²) in [7, 11) is 0. The molecule has 2 heterocycles. The number of hydrogen-bond donors (Lipinski definition) is 0. The highest BCUT2D eigenvalue weighted by Crippen LogP contribution is 2.62. The fraction of sp³-hybridized carbons (Fsp3) is 0.0149. The van der Waals surface area contributed by atoms with Crippen LogP contribution in [0.2, 0.25) is 0 Å². The molecule has 1 spiro atoms. The first-order chi connectivity index (χ1) is 34.7. The van der Waals surface area contributed by atoms with Crippen molar-refractivity contribution in [3.8, 4) is 67.1 Å². The molecule has 0 N–H and O–H groups in total. The lowest BCUT2D eigenvalue weighted by Gasteiger charge is -2.39. The first kappa shape index (κ1) is 39.9. The van der Waals surface area contributed by atoms with Crippen molar-refractivity contribution in [2.45, 2.75) is 5.41 Å². The molecule has 1 aromatic heterocycles. The largest absolute Gasteiger partial charge is 0.457 e. The molecule has 3 heteroatoms. The summed E-state index contributed by atoms with van der Waals surface area (Å²) in [6.07, 6.45) is 0.